The molecule has 0 atom stereocenters. The molecule has 0 fully saturated rings. The molecule has 0 aliphatic heterocycles. The van der Waals surface area contributed by atoms with E-state index < -0.39 is 0 Å². The summed E-state index contributed by atoms with van der Waals surface area (Å²) in [5.41, 5.74) is 6.90. The molecule has 0 aliphatic rings. The third-order valence-electron chi connectivity index (χ3n) is 2.53. The maximum absolute atomic E-state index is 6.01. The Morgan fingerprint density at radius 3 is 2.75 bits per heavy atom. The first kappa shape index (κ1) is 13.4. The van der Waals surface area contributed by atoms with Crippen molar-refractivity contribution < 1.29 is 0 Å². The van der Waals surface area contributed by atoms with Crippen LogP contribution in [0, 0.1) is 5.41 Å². The molecule has 1 rings (SSSR count). The second-order valence-corrected chi connectivity index (χ2v) is 5.35. The number of pyridine rings is 1. The predicted molar refractivity (Wildman–Crippen MR) is 68.4 cm³/mol. The molecule has 90 valence electrons. The quantitative estimate of drug-likeness (QED) is 0.804. The van der Waals surface area contributed by atoms with E-state index in [0.717, 1.165) is 18.7 Å². The molecule has 0 bridgehead atoms. The van der Waals surface area contributed by atoms with Gasteiger partial charge < -0.3 is 10.6 Å². The average Bonchev–Trinajstić information content (AvgIpc) is 2.21. The topological polar surface area (TPSA) is 42.2 Å². The molecule has 1 heterocycles. The van der Waals surface area contributed by atoms with E-state index in [-0.39, 0.29) is 5.41 Å². The van der Waals surface area contributed by atoms with Crippen molar-refractivity contribution in [3.8, 4) is 0 Å². The van der Waals surface area contributed by atoms with E-state index in [0.29, 0.717) is 11.7 Å². The van der Waals surface area contributed by atoms with Gasteiger partial charge in [0.15, 0.2) is 0 Å². The van der Waals surface area contributed by atoms with E-state index in [9.17, 15) is 0 Å². The van der Waals surface area contributed by atoms with Crippen LogP contribution in [0.5, 0.6) is 0 Å². The fraction of sp³-hybridized carbons (Fsp3) is 0.583. The van der Waals surface area contributed by atoms with E-state index in [1.54, 1.807) is 6.20 Å². The first-order valence-corrected chi connectivity index (χ1v) is 5.80. The van der Waals surface area contributed by atoms with Crippen LogP contribution in [0.25, 0.3) is 0 Å². The number of nitrogens with two attached hydrogens (primary N) is 1. The van der Waals surface area contributed by atoms with Gasteiger partial charge in [-0.05, 0) is 25.1 Å². The lowest BCUT2D eigenvalue weighted by molar-refractivity contribution is 0.210. The monoisotopic (exact) mass is 241 g/mol. The van der Waals surface area contributed by atoms with Crippen LogP contribution in [-0.2, 0) is 6.54 Å². The van der Waals surface area contributed by atoms with Crippen molar-refractivity contribution in [3.63, 3.8) is 0 Å². The molecule has 3 nitrogen and oxygen atoms in total. The molecule has 0 saturated heterocycles. The SMILES string of the molecule is CN(Cc1cccnc1Cl)CC(C)(C)CN. The van der Waals surface area contributed by atoms with Crippen molar-refractivity contribution >= 4 is 11.6 Å². The summed E-state index contributed by atoms with van der Waals surface area (Å²) in [7, 11) is 2.07. The van der Waals surface area contributed by atoms with Crippen molar-refractivity contribution in [2.24, 2.45) is 11.1 Å². The highest BCUT2D eigenvalue weighted by molar-refractivity contribution is 6.30. The van der Waals surface area contributed by atoms with Crippen LogP contribution in [0.15, 0.2) is 18.3 Å². The van der Waals surface area contributed by atoms with Gasteiger partial charge in [0.1, 0.15) is 5.15 Å². The third-order valence-corrected chi connectivity index (χ3v) is 2.87. The van der Waals surface area contributed by atoms with Crippen LogP contribution < -0.4 is 5.73 Å². The summed E-state index contributed by atoms with van der Waals surface area (Å²) < 4.78 is 0. The van der Waals surface area contributed by atoms with Crippen molar-refractivity contribution in [1.29, 1.82) is 0 Å². The van der Waals surface area contributed by atoms with E-state index in [4.69, 9.17) is 17.3 Å². The number of aromatic nitrogens is 1. The van der Waals surface area contributed by atoms with Crippen molar-refractivity contribution in [3.05, 3.63) is 29.0 Å². The van der Waals surface area contributed by atoms with Gasteiger partial charge in [-0.25, -0.2) is 4.98 Å². The Hall–Kier alpha value is -0.640. The molecule has 0 amide bonds. The molecule has 0 unspecified atom stereocenters. The van der Waals surface area contributed by atoms with Gasteiger partial charge in [-0.1, -0.05) is 31.5 Å². The fourth-order valence-corrected chi connectivity index (χ4v) is 1.86. The molecule has 0 saturated carbocycles. The Morgan fingerprint density at radius 1 is 1.50 bits per heavy atom. The Labute approximate surface area is 103 Å². The molecular weight excluding hydrogens is 222 g/mol. The highest BCUT2D eigenvalue weighted by atomic mass is 35.5. The van der Waals surface area contributed by atoms with Crippen LogP contribution in [0.2, 0.25) is 5.15 Å². The van der Waals surface area contributed by atoms with Gasteiger partial charge in [-0.15, -0.1) is 0 Å². The zero-order valence-corrected chi connectivity index (χ0v) is 11.0. The third kappa shape index (κ3) is 4.08. The number of rotatable bonds is 5. The van der Waals surface area contributed by atoms with Crippen LogP contribution in [0.4, 0.5) is 0 Å². The zero-order valence-electron chi connectivity index (χ0n) is 10.2. The molecule has 1 aromatic rings. The molecule has 0 aliphatic carbocycles. The maximum Gasteiger partial charge on any atom is 0.133 e. The Balaban J connectivity index is 2.58. The molecule has 0 radical (unpaired) electrons. The molecular formula is C12H20ClN3. The van der Waals surface area contributed by atoms with Crippen LogP contribution >= 0.6 is 11.6 Å². The van der Waals surface area contributed by atoms with E-state index in [1.165, 1.54) is 0 Å². The highest BCUT2D eigenvalue weighted by Gasteiger charge is 2.18. The standard InChI is InChI=1S/C12H20ClN3/c1-12(2,8-14)9-16(3)7-10-5-4-6-15-11(10)13/h4-6H,7-9,14H2,1-3H3. The van der Waals surface area contributed by atoms with Gasteiger partial charge in [0.05, 0.1) is 0 Å². The maximum atomic E-state index is 6.01. The summed E-state index contributed by atoms with van der Waals surface area (Å²) in [6, 6.07) is 3.91. The lowest BCUT2D eigenvalue weighted by atomic mass is 9.93. The van der Waals surface area contributed by atoms with Gasteiger partial charge in [-0.3, -0.25) is 0 Å². The number of nitrogens with zero attached hydrogens (tertiary/aromatic N) is 2. The van der Waals surface area contributed by atoms with Gasteiger partial charge in [0.2, 0.25) is 0 Å². The first-order valence-electron chi connectivity index (χ1n) is 5.42. The lowest BCUT2D eigenvalue weighted by Crippen LogP contribution is -2.36. The molecule has 16 heavy (non-hydrogen) atoms. The van der Waals surface area contributed by atoms with Crippen LogP contribution in [0.3, 0.4) is 0 Å². The minimum atomic E-state index is 0.128. The predicted octanol–water partition coefficient (Wildman–Crippen LogP) is 2.15. The largest absolute Gasteiger partial charge is 0.330 e. The van der Waals surface area contributed by atoms with Crippen molar-refractivity contribution in [1.82, 2.24) is 9.88 Å². The first-order chi connectivity index (χ1) is 7.44. The van der Waals surface area contributed by atoms with Crippen molar-refractivity contribution in [2.45, 2.75) is 20.4 Å². The molecule has 4 heteroatoms. The van der Waals surface area contributed by atoms with E-state index >= 15 is 0 Å². The van der Waals surface area contributed by atoms with E-state index in [1.807, 2.05) is 12.1 Å². The summed E-state index contributed by atoms with van der Waals surface area (Å²) in [4.78, 5) is 6.28. The summed E-state index contributed by atoms with van der Waals surface area (Å²) in [6.07, 6.45) is 1.70. The molecule has 0 aromatic carbocycles. The summed E-state index contributed by atoms with van der Waals surface area (Å²) >= 11 is 6.01. The Kier molecular flexibility index (Phi) is 4.71. The normalized spacial score (nSPS) is 12.1. The summed E-state index contributed by atoms with van der Waals surface area (Å²) in [6.45, 7) is 6.74. The minimum absolute atomic E-state index is 0.128. The van der Waals surface area contributed by atoms with Gasteiger partial charge in [0.25, 0.3) is 0 Å². The fourth-order valence-electron chi connectivity index (χ4n) is 1.68. The van der Waals surface area contributed by atoms with Crippen molar-refractivity contribution in [2.75, 3.05) is 20.1 Å². The minimum Gasteiger partial charge on any atom is -0.330 e. The molecule has 1 aromatic heterocycles. The highest BCUT2D eigenvalue weighted by Crippen LogP contribution is 2.18. The van der Waals surface area contributed by atoms with Gasteiger partial charge >= 0.3 is 0 Å². The van der Waals surface area contributed by atoms with E-state index in [2.05, 4.69) is 30.8 Å². The average molecular weight is 242 g/mol. The molecule has 2 N–H and O–H groups in total. The summed E-state index contributed by atoms with van der Waals surface area (Å²) in [5, 5.41) is 0.583. The smallest absolute Gasteiger partial charge is 0.133 e. The molecule has 0 spiro atoms. The second kappa shape index (κ2) is 5.62. The number of hydrogen-bond donors (Lipinski definition) is 1. The lowest BCUT2D eigenvalue weighted by Gasteiger charge is -2.29. The van der Waals surface area contributed by atoms with Gasteiger partial charge in [-0.2, -0.15) is 0 Å². The van der Waals surface area contributed by atoms with Gasteiger partial charge in [0, 0.05) is 24.8 Å². The van der Waals surface area contributed by atoms with Crippen LogP contribution in [0.1, 0.15) is 19.4 Å². The second-order valence-electron chi connectivity index (χ2n) is 4.99. The summed E-state index contributed by atoms with van der Waals surface area (Å²) in [5.74, 6) is 0. The van der Waals surface area contributed by atoms with Crippen LogP contribution in [-0.4, -0.2) is 30.0 Å². The number of hydrogen-bond acceptors (Lipinski definition) is 3. The Morgan fingerprint density at radius 2 is 2.19 bits per heavy atom. The Bertz CT molecular complexity index is 339. The number of halogens is 1. The zero-order chi connectivity index (χ0) is 12.2.